The molecule has 4 nitrogen and oxygen atoms in total. The molecule has 4 heteroatoms. The SMILES string of the molecule is CCNC(C)(COC(C)(C)CC)C(=O)O. The molecule has 0 aliphatic rings. The van der Waals surface area contributed by atoms with Crippen LogP contribution in [0.25, 0.3) is 0 Å². The van der Waals surface area contributed by atoms with Crippen molar-refractivity contribution in [2.45, 2.75) is 52.2 Å². The number of ether oxygens (including phenoxy) is 1. The molecule has 0 aromatic carbocycles. The monoisotopic (exact) mass is 217 g/mol. The molecule has 0 fully saturated rings. The van der Waals surface area contributed by atoms with Crippen LogP contribution in [0.4, 0.5) is 0 Å². The quantitative estimate of drug-likeness (QED) is 0.680. The molecule has 0 saturated heterocycles. The first-order valence-electron chi connectivity index (χ1n) is 5.40. The van der Waals surface area contributed by atoms with E-state index >= 15 is 0 Å². The second kappa shape index (κ2) is 5.47. The third-order valence-corrected chi connectivity index (χ3v) is 2.64. The van der Waals surface area contributed by atoms with Crippen LogP contribution in [0.3, 0.4) is 0 Å². The van der Waals surface area contributed by atoms with Crippen LogP contribution in [0.2, 0.25) is 0 Å². The van der Waals surface area contributed by atoms with Gasteiger partial charge in [0.2, 0.25) is 0 Å². The van der Waals surface area contributed by atoms with E-state index in [1.54, 1.807) is 6.92 Å². The zero-order valence-electron chi connectivity index (χ0n) is 10.4. The summed E-state index contributed by atoms with van der Waals surface area (Å²) in [6.45, 7) is 10.3. The van der Waals surface area contributed by atoms with Crippen molar-refractivity contribution in [3.63, 3.8) is 0 Å². The molecule has 0 aliphatic heterocycles. The summed E-state index contributed by atoms with van der Waals surface area (Å²) in [4.78, 5) is 11.1. The Kier molecular flexibility index (Phi) is 5.24. The summed E-state index contributed by atoms with van der Waals surface area (Å²) in [6.07, 6.45) is 0.856. The first-order chi connectivity index (χ1) is 6.77. The maximum Gasteiger partial charge on any atom is 0.326 e. The molecule has 1 atom stereocenters. The van der Waals surface area contributed by atoms with E-state index in [-0.39, 0.29) is 12.2 Å². The zero-order valence-corrected chi connectivity index (χ0v) is 10.4. The Morgan fingerprint density at radius 1 is 1.33 bits per heavy atom. The molecule has 0 rings (SSSR count). The topological polar surface area (TPSA) is 58.6 Å². The minimum absolute atomic E-state index is 0.178. The summed E-state index contributed by atoms with van der Waals surface area (Å²) >= 11 is 0. The van der Waals surface area contributed by atoms with Gasteiger partial charge in [0.15, 0.2) is 0 Å². The van der Waals surface area contributed by atoms with Crippen molar-refractivity contribution in [3.05, 3.63) is 0 Å². The highest BCUT2D eigenvalue weighted by atomic mass is 16.5. The van der Waals surface area contributed by atoms with Gasteiger partial charge in [0.25, 0.3) is 0 Å². The minimum Gasteiger partial charge on any atom is -0.480 e. The van der Waals surface area contributed by atoms with Crippen molar-refractivity contribution in [2.24, 2.45) is 0 Å². The van der Waals surface area contributed by atoms with E-state index in [9.17, 15) is 4.79 Å². The van der Waals surface area contributed by atoms with E-state index in [1.807, 2.05) is 27.7 Å². The standard InChI is InChI=1S/C11H23NO3/c1-6-10(3,4)15-8-11(5,9(13)14)12-7-2/h12H,6-8H2,1-5H3,(H,13,14). The maximum absolute atomic E-state index is 11.1. The number of hydrogen-bond donors (Lipinski definition) is 2. The number of aliphatic carboxylic acids is 1. The van der Waals surface area contributed by atoms with Gasteiger partial charge in [-0.3, -0.25) is 4.79 Å². The summed E-state index contributed by atoms with van der Waals surface area (Å²) < 4.78 is 5.61. The average molecular weight is 217 g/mol. The minimum atomic E-state index is -0.999. The van der Waals surface area contributed by atoms with Gasteiger partial charge in [-0.15, -0.1) is 0 Å². The van der Waals surface area contributed by atoms with E-state index in [0.717, 1.165) is 6.42 Å². The summed E-state index contributed by atoms with van der Waals surface area (Å²) in [6, 6.07) is 0. The lowest BCUT2D eigenvalue weighted by atomic mass is 10.0. The molecule has 0 aliphatic carbocycles. The fourth-order valence-corrected chi connectivity index (χ4v) is 1.02. The predicted octanol–water partition coefficient (Wildman–Crippen LogP) is 1.64. The normalized spacial score (nSPS) is 16.1. The average Bonchev–Trinajstić information content (AvgIpc) is 2.15. The summed E-state index contributed by atoms with van der Waals surface area (Å²) in [5.41, 5.74) is -1.27. The molecule has 2 N–H and O–H groups in total. The number of hydrogen-bond acceptors (Lipinski definition) is 3. The van der Waals surface area contributed by atoms with Crippen LogP contribution < -0.4 is 5.32 Å². The Balaban J connectivity index is 4.37. The number of nitrogens with one attached hydrogen (secondary N) is 1. The highest BCUT2D eigenvalue weighted by Gasteiger charge is 2.34. The van der Waals surface area contributed by atoms with Gasteiger partial charge in [0, 0.05) is 0 Å². The number of rotatable bonds is 7. The Hall–Kier alpha value is -0.610. The zero-order chi connectivity index (χ0) is 12.1. The fraction of sp³-hybridized carbons (Fsp3) is 0.909. The van der Waals surface area contributed by atoms with Gasteiger partial charge in [-0.25, -0.2) is 0 Å². The van der Waals surface area contributed by atoms with Gasteiger partial charge < -0.3 is 15.2 Å². The molecule has 1 unspecified atom stereocenters. The smallest absolute Gasteiger partial charge is 0.326 e. The van der Waals surface area contributed by atoms with Crippen molar-refractivity contribution in [3.8, 4) is 0 Å². The van der Waals surface area contributed by atoms with E-state index in [4.69, 9.17) is 9.84 Å². The van der Waals surface area contributed by atoms with Gasteiger partial charge in [0.05, 0.1) is 12.2 Å². The van der Waals surface area contributed by atoms with Crippen LogP contribution in [0, 0.1) is 0 Å². The number of carbonyl (C=O) groups is 1. The van der Waals surface area contributed by atoms with Crippen LogP contribution in [0.5, 0.6) is 0 Å². The fourth-order valence-electron chi connectivity index (χ4n) is 1.02. The van der Waals surface area contributed by atoms with E-state index in [2.05, 4.69) is 5.32 Å². The molecule has 0 spiro atoms. The molecular weight excluding hydrogens is 194 g/mol. The van der Waals surface area contributed by atoms with Crippen molar-refractivity contribution < 1.29 is 14.6 Å². The van der Waals surface area contributed by atoms with Crippen LogP contribution >= 0.6 is 0 Å². The lowest BCUT2D eigenvalue weighted by molar-refractivity contribution is -0.150. The van der Waals surface area contributed by atoms with Crippen LogP contribution in [-0.2, 0) is 9.53 Å². The predicted molar refractivity (Wildman–Crippen MR) is 60.0 cm³/mol. The molecule has 0 bridgehead atoms. The molecule has 0 saturated carbocycles. The van der Waals surface area contributed by atoms with E-state index in [1.165, 1.54) is 0 Å². The van der Waals surface area contributed by atoms with Crippen molar-refractivity contribution in [1.82, 2.24) is 5.32 Å². The molecule has 0 aromatic rings. The van der Waals surface area contributed by atoms with Crippen molar-refractivity contribution >= 4 is 5.97 Å². The highest BCUT2D eigenvalue weighted by Crippen LogP contribution is 2.16. The third-order valence-electron chi connectivity index (χ3n) is 2.64. The van der Waals surface area contributed by atoms with Gasteiger partial charge in [-0.1, -0.05) is 13.8 Å². The van der Waals surface area contributed by atoms with E-state index in [0.29, 0.717) is 6.54 Å². The summed E-state index contributed by atoms with van der Waals surface area (Å²) in [5, 5.41) is 12.0. The first kappa shape index (κ1) is 14.4. The van der Waals surface area contributed by atoms with Gasteiger partial charge in [-0.2, -0.15) is 0 Å². The van der Waals surface area contributed by atoms with Gasteiger partial charge in [-0.05, 0) is 33.7 Å². The first-order valence-corrected chi connectivity index (χ1v) is 5.40. The molecule has 0 radical (unpaired) electrons. The maximum atomic E-state index is 11.1. The molecule has 15 heavy (non-hydrogen) atoms. The summed E-state index contributed by atoms with van der Waals surface area (Å²) in [7, 11) is 0. The van der Waals surface area contributed by atoms with Crippen LogP contribution in [-0.4, -0.2) is 35.4 Å². The molecule has 0 aromatic heterocycles. The van der Waals surface area contributed by atoms with Crippen LogP contribution in [0.1, 0.15) is 41.0 Å². The Bertz CT molecular complexity index is 216. The summed E-state index contributed by atoms with van der Waals surface area (Å²) in [5.74, 6) is -0.878. The van der Waals surface area contributed by atoms with Gasteiger partial charge in [0.1, 0.15) is 5.54 Å². The number of carboxylic acid groups (broad SMARTS) is 1. The largest absolute Gasteiger partial charge is 0.480 e. The van der Waals surface area contributed by atoms with Crippen molar-refractivity contribution in [1.29, 1.82) is 0 Å². The molecule has 0 heterocycles. The van der Waals surface area contributed by atoms with Crippen molar-refractivity contribution in [2.75, 3.05) is 13.2 Å². The van der Waals surface area contributed by atoms with E-state index < -0.39 is 11.5 Å². The lowest BCUT2D eigenvalue weighted by Crippen LogP contribution is -2.54. The van der Waals surface area contributed by atoms with Gasteiger partial charge >= 0.3 is 5.97 Å². The number of likely N-dealkylation sites (N-methyl/N-ethyl adjacent to an activating group) is 1. The third kappa shape index (κ3) is 4.62. The van der Waals surface area contributed by atoms with Crippen LogP contribution in [0.15, 0.2) is 0 Å². The molecule has 90 valence electrons. The lowest BCUT2D eigenvalue weighted by Gasteiger charge is -2.31. The molecular formula is C11H23NO3. The number of carboxylic acids is 1. The Morgan fingerprint density at radius 3 is 2.20 bits per heavy atom. The molecule has 0 amide bonds. The second-order valence-corrected chi connectivity index (χ2v) is 4.57. The highest BCUT2D eigenvalue weighted by molar-refractivity contribution is 5.78. The Morgan fingerprint density at radius 2 is 1.87 bits per heavy atom. The Labute approximate surface area is 92.0 Å². The second-order valence-electron chi connectivity index (χ2n) is 4.57.